The number of benzene rings is 1. The SMILES string of the molecule is CC1CCN(c2ccc(CN=C(N(C)C)N(C)C)cc2)CC1. The third kappa shape index (κ3) is 4.39. The van der Waals surface area contributed by atoms with Crippen LogP contribution in [-0.4, -0.2) is 57.0 Å². The van der Waals surface area contributed by atoms with Gasteiger partial charge in [0.05, 0.1) is 6.54 Å². The van der Waals surface area contributed by atoms with E-state index in [-0.39, 0.29) is 0 Å². The molecule has 1 aromatic carbocycles. The Kier molecular flexibility index (Phi) is 5.69. The van der Waals surface area contributed by atoms with Crippen LogP contribution in [0.25, 0.3) is 0 Å². The van der Waals surface area contributed by atoms with Gasteiger partial charge in [-0.3, -0.25) is 0 Å². The number of aliphatic imine (C=N–C) groups is 1. The van der Waals surface area contributed by atoms with E-state index in [4.69, 9.17) is 4.99 Å². The number of hydrogen-bond donors (Lipinski definition) is 0. The van der Waals surface area contributed by atoms with Crippen molar-refractivity contribution in [3.05, 3.63) is 29.8 Å². The molecule has 1 aromatic rings. The second kappa shape index (κ2) is 7.52. The molecular formula is C18H30N4. The van der Waals surface area contributed by atoms with Crippen LogP contribution in [-0.2, 0) is 6.54 Å². The number of piperidine rings is 1. The first-order chi connectivity index (χ1) is 10.5. The molecule has 1 aliphatic rings. The van der Waals surface area contributed by atoms with Gasteiger partial charge in [-0.1, -0.05) is 19.1 Å². The minimum atomic E-state index is 0.725. The maximum atomic E-state index is 4.70. The van der Waals surface area contributed by atoms with Crippen molar-refractivity contribution >= 4 is 11.6 Å². The van der Waals surface area contributed by atoms with Crippen LogP contribution in [0.2, 0.25) is 0 Å². The summed E-state index contributed by atoms with van der Waals surface area (Å²) in [6.07, 6.45) is 2.61. The van der Waals surface area contributed by atoms with Crippen LogP contribution in [0.3, 0.4) is 0 Å². The molecule has 0 bridgehead atoms. The van der Waals surface area contributed by atoms with E-state index in [1.807, 2.05) is 38.0 Å². The lowest BCUT2D eigenvalue weighted by Gasteiger charge is -2.32. The monoisotopic (exact) mass is 302 g/mol. The summed E-state index contributed by atoms with van der Waals surface area (Å²) in [7, 11) is 8.11. The maximum absolute atomic E-state index is 4.70. The van der Waals surface area contributed by atoms with Gasteiger partial charge in [0.15, 0.2) is 5.96 Å². The van der Waals surface area contributed by atoms with Crippen LogP contribution in [0.15, 0.2) is 29.3 Å². The van der Waals surface area contributed by atoms with Crippen molar-refractivity contribution in [3.8, 4) is 0 Å². The quantitative estimate of drug-likeness (QED) is 0.633. The zero-order valence-corrected chi connectivity index (χ0v) is 14.7. The Morgan fingerprint density at radius 3 is 2.09 bits per heavy atom. The Hall–Kier alpha value is -1.71. The van der Waals surface area contributed by atoms with Crippen LogP contribution in [0.5, 0.6) is 0 Å². The fourth-order valence-electron chi connectivity index (χ4n) is 2.92. The van der Waals surface area contributed by atoms with Gasteiger partial charge in [-0.25, -0.2) is 4.99 Å². The summed E-state index contributed by atoms with van der Waals surface area (Å²) in [5.41, 5.74) is 2.61. The van der Waals surface area contributed by atoms with E-state index >= 15 is 0 Å². The molecule has 0 saturated carbocycles. The summed E-state index contributed by atoms with van der Waals surface area (Å²) in [5.74, 6) is 1.87. The van der Waals surface area contributed by atoms with Crippen LogP contribution >= 0.6 is 0 Å². The normalized spacial score (nSPS) is 15.6. The summed E-state index contributed by atoms with van der Waals surface area (Å²) < 4.78 is 0. The molecule has 1 fully saturated rings. The molecule has 1 heterocycles. The Balaban J connectivity index is 1.98. The van der Waals surface area contributed by atoms with E-state index in [0.717, 1.165) is 18.4 Å². The van der Waals surface area contributed by atoms with Crippen molar-refractivity contribution in [2.24, 2.45) is 10.9 Å². The fourth-order valence-corrected chi connectivity index (χ4v) is 2.92. The topological polar surface area (TPSA) is 22.1 Å². The second-order valence-corrected chi connectivity index (χ2v) is 6.74. The summed E-state index contributed by atoms with van der Waals surface area (Å²) in [6, 6.07) is 8.90. The van der Waals surface area contributed by atoms with Crippen LogP contribution in [0.4, 0.5) is 5.69 Å². The minimum Gasteiger partial charge on any atom is -0.372 e. The van der Waals surface area contributed by atoms with Gasteiger partial charge >= 0.3 is 0 Å². The second-order valence-electron chi connectivity index (χ2n) is 6.74. The molecular weight excluding hydrogens is 272 g/mol. The van der Waals surface area contributed by atoms with Gasteiger partial charge in [0.2, 0.25) is 0 Å². The predicted molar refractivity (Wildman–Crippen MR) is 95.6 cm³/mol. The molecule has 4 nitrogen and oxygen atoms in total. The fraction of sp³-hybridized carbons (Fsp3) is 0.611. The lowest BCUT2D eigenvalue weighted by molar-refractivity contribution is 0.438. The van der Waals surface area contributed by atoms with Gasteiger partial charge in [0.25, 0.3) is 0 Å². The zero-order valence-electron chi connectivity index (χ0n) is 14.7. The third-order valence-corrected chi connectivity index (χ3v) is 4.29. The Bertz CT molecular complexity index is 472. The number of rotatable bonds is 3. The van der Waals surface area contributed by atoms with E-state index in [2.05, 4.69) is 36.1 Å². The molecule has 0 atom stereocenters. The summed E-state index contributed by atoms with van der Waals surface area (Å²) in [5, 5.41) is 0. The molecule has 2 rings (SSSR count). The summed E-state index contributed by atoms with van der Waals surface area (Å²) in [6.45, 7) is 5.45. The molecule has 0 N–H and O–H groups in total. The number of guanidine groups is 1. The van der Waals surface area contributed by atoms with Crippen LogP contribution < -0.4 is 4.90 Å². The van der Waals surface area contributed by atoms with Gasteiger partial charge in [0.1, 0.15) is 0 Å². The van der Waals surface area contributed by atoms with Crippen molar-refractivity contribution in [2.75, 3.05) is 46.2 Å². The molecule has 0 aliphatic carbocycles. The first-order valence-corrected chi connectivity index (χ1v) is 8.20. The van der Waals surface area contributed by atoms with E-state index in [0.29, 0.717) is 0 Å². The lowest BCUT2D eigenvalue weighted by atomic mass is 9.99. The van der Waals surface area contributed by atoms with Crippen LogP contribution in [0.1, 0.15) is 25.3 Å². The molecule has 22 heavy (non-hydrogen) atoms. The molecule has 4 heteroatoms. The number of nitrogens with zero attached hydrogens (tertiary/aromatic N) is 4. The predicted octanol–water partition coefficient (Wildman–Crippen LogP) is 2.90. The summed E-state index contributed by atoms with van der Waals surface area (Å²) >= 11 is 0. The smallest absolute Gasteiger partial charge is 0.195 e. The van der Waals surface area contributed by atoms with E-state index in [9.17, 15) is 0 Å². The Labute approximate surface area is 135 Å². The van der Waals surface area contributed by atoms with E-state index in [1.165, 1.54) is 37.2 Å². The molecule has 0 aromatic heterocycles. The zero-order chi connectivity index (χ0) is 16.1. The average Bonchev–Trinajstić information content (AvgIpc) is 2.48. The number of hydrogen-bond acceptors (Lipinski definition) is 2. The first-order valence-electron chi connectivity index (χ1n) is 8.20. The lowest BCUT2D eigenvalue weighted by Crippen LogP contribution is -2.35. The highest BCUT2D eigenvalue weighted by molar-refractivity contribution is 5.79. The number of anilines is 1. The third-order valence-electron chi connectivity index (χ3n) is 4.29. The van der Waals surface area contributed by atoms with Gasteiger partial charge in [-0.2, -0.15) is 0 Å². The van der Waals surface area contributed by atoms with Crippen molar-refractivity contribution in [3.63, 3.8) is 0 Å². The Morgan fingerprint density at radius 2 is 1.59 bits per heavy atom. The minimum absolute atomic E-state index is 0.725. The van der Waals surface area contributed by atoms with Gasteiger partial charge in [0, 0.05) is 47.0 Å². The van der Waals surface area contributed by atoms with Gasteiger partial charge in [-0.05, 0) is 36.5 Å². The maximum Gasteiger partial charge on any atom is 0.195 e. The van der Waals surface area contributed by atoms with Crippen molar-refractivity contribution in [1.82, 2.24) is 9.80 Å². The average molecular weight is 302 g/mol. The van der Waals surface area contributed by atoms with Gasteiger partial charge < -0.3 is 14.7 Å². The highest BCUT2D eigenvalue weighted by atomic mass is 15.3. The van der Waals surface area contributed by atoms with Crippen LogP contribution in [0, 0.1) is 5.92 Å². The van der Waals surface area contributed by atoms with Crippen molar-refractivity contribution in [1.29, 1.82) is 0 Å². The molecule has 122 valence electrons. The molecule has 0 amide bonds. The molecule has 1 saturated heterocycles. The molecule has 0 radical (unpaired) electrons. The standard InChI is InChI=1S/C18H30N4/c1-15-10-12-22(13-11-15)17-8-6-16(7-9-17)14-19-18(20(2)3)21(4)5/h6-9,15H,10-14H2,1-5H3. The highest BCUT2D eigenvalue weighted by Crippen LogP contribution is 2.23. The largest absolute Gasteiger partial charge is 0.372 e. The van der Waals surface area contributed by atoms with E-state index < -0.39 is 0 Å². The first kappa shape index (κ1) is 16.7. The molecule has 1 aliphatic heterocycles. The highest BCUT2D eigenvalue weighted by Gasteiger charge is 2.15. The molecule has 0 unspecified atom stereocenters. The van der Waals surface area contributed by atoms with Crippen molar-refractivity contribution < 1.29 is 0 Å². The summed E-state index contributed by atoms with van der Waals surface area (Å²) in [4.78, 5) is 11.3. The van der Waals surface area contributed by atoms with E-state index in [1.54, 1.807) is 0 Å². The van der Waals surface area contributed by atoms with Crippen molar-refractivity contribution in [2.45, 2.75) is 26.3 Å². The van der Waals surface area contributed by atoms with Gasteiger partial charge in [-0.15, -0.1) is 0 Å². The Morgan fingerprint density at radius 1 is 1.05 bits per heavy atom. The molecule has 0 spiro atoms.